The first-order valence-corrected chi connectivity index (χ1v) is 17.9. The highest BCUT2D eigenvalue weighted by Gasteiger charge is 2.65. The van der Waals surface area contributed by atoms with Crippen LogP contribution in [-0.4, -0.2) is 66.1 Å². The zero-order valence-electron chi connectivity index (χ0n) is 29.9. The van der Waals surface area contributed by atoms with Gasteiger partial charge < -0.3 is 15.0 Å². The Balaban J connectivity index is 1.27. The van der Waals surface area contributed by atoms with Crippen molar-refractivity contribution in [2.75, 3.05) is 6.61 Å². The maximum atomic E-state index is 16.1. The molecule has 2 aliphatic carbocycles. The first-order valence-electron chi connectivity index (χ1n) is 17.5. The van der Waals surface area contributed by atoms with Gasteiger partial charge in [0.1, 0.15) is 36.1 Å². The standard InChI is InChI=1S/C36H38ClF6N9O3/c1-33(2,3)17-35(21-5-8-23(26(38)13-21)20-14-46-50(15-20)22-6-7-22)29(53)51(31(44)48-35)27(16-55-32(54)49-34(10-11-34)36(41,42)43)19-4-9-25(37)24(12-19)28-45-18-47-52(28)30(39)40/h4-5,8-9,12-15,18,22,27,30-31,48H,6-7,10-11,16-17,44H2,1-3H3,(H,49,54)/t27?,31?,35-/m1/s1. The Morgan fingerprint density at radius 3 is 2.45 bits per heavy atom. The molecule has 19 heteroatoms. The second-order valence-corrected chi connectivity index (χ2v) is 15.9. The lowest BCUT2D eigenvalue weighted by Gasteiger charge is -2.35. The first-order chi connectivity index (χ1) is 25.8. The molecule has 1 saturated heterocycles. The Morgan fingerprint density at radius 1 is 1.11 bits per heavy atom. The van der Waals surface area contributed by atoms with Gasteiger partial charge in [-0.1, -0.05) is 50.6 Å². The van der Waals surface area contributed by atoms with E-state index in [2.05, 4.69) is 20.5 Å². The molecular formula is C36H38ClF6N9O3. The van der Waals surface area contributed by atoms with Crippen molar-refractivity contribution in [2.24, 2.45) is 11.1 Å². The number of benzene rings is 2. The molecule has 0 bridgehead atoms. The molecule has 3 aliphatic rings. The summed E-state index contributed by atoms with van der Waals surface area (Å²) in [5, 5.41) is 12.9. The van der Waals surface area contributed by atoms with Gasteiger partial charge in [0.05, 0.1) is 23.3 Å². The first kappa shape index (κ1) is 38.6. The fraction of sp³-hybridized carbons (Fsp3) is 0.472. The Bertz CT molecular complexity index is 2110. The van der Waals surface area contributed by atoms with Gasteiger partial charge in [0.2, 0.25) is 0 Å². The van der Waals surface area contributed by atoms with Crippen molar-refractivity contribution in [2.45, 2.75) is 95.1 Å². The summed E-state index contributed by atoms with van der Waals surface area (Å²) >= 11 is 6.44. The van der Waals surface area contributed by atoms with Crippen LogP contribution in [0.5, 0.6) is 0 Å². The average Bonchev–Trinajstić information content (AvgIpc) is 3.97. The van der Waals surface area contributed by atoms with Gasteiger partial charge in [-0.2, -0.15) is 36.8 Å². The number of aromatic nitrogens is 5. The van der Waals surface area contributed by atoms with Crippen molar-refractivity contribution in [1.82, 2.24) is 40.1 Å². The highest BCUT2D eigenvalue weighted by Crippen LogP contribution is 2.49. The van der Waals surface area contributed by atoms with Crippen LogP contribution in [0.2, 0.25) is 5.02 Å². The molecule has 2 aromatic carbocycles. The molecule has 1 aliphatic heterocycles. The monoisotopic (exact) mass is 793 g/mol. The van der Waals surface area contributed by atoms with Crippen LogP contribution in [0.15, 0.2) is 55.1 Å². The van der Waals surface area contributed by atoms with E-state index in [0.29, 0.717) is 10.2 Å². The van der Waals surface area contributed by atoms with Gasteiger partial charge in [-0.3, -0.25) is 20.5 Å². The number of nitrogens with two attached hydrogens (primary N) is 1. The molecule has 12 nitrogen and oxygen atoms in total. The van der Waals surface area contributed by atoms with Gasteiger partial charge in [-0.15, -0.1) is 0 Å². The Labute approximate surface area is 316 Å². The average molecular weight is 794 g/mol. The van der Waals surface area contributed by atoms with Gasteiger partial charge in [0.25, 0.3) is 5.91 Å². The number of amides is 2. The number of nitrogens with zero attached hydrogens (tertiary/aromatic N) is 6. The van der Waals surface area contributed by atoms with E-state index in [1.54, 1.807) is 29.2 Å². The Morgan fingerprint density at radius 2 is 1.84 bits per heavy atom. The second kappa shape index (κ2) is 13.8. The van der Waals surface area contributed by atoms with E-state index in [0.717, 1.165) is 24.1 Å². The molecule has 4 aromatic rings. The van der Waals surface area contributed by atoms with Crippen LogP contribution in [0.4, 0.5) is 31.1 Å². The topological polar surface area (TPSA) is 145 Å². The van der Waals surface area contributed by atoms with Crippen LogP contribution in [0.25, 0.3) is 22.5 Å². The highest BCUT2D eigenvalue weighted by atomic mass is 35.5. The number of hydrogen-bond donors (Lipinski definition) is 3. The number of rotatable bonds is 11. The zero-order valence-corrected chi connectivity index (χ0v) is 30.6. The highest BCUT2D eigenvalue weighted by molar-refractivity contribution is 6.33. The number of carbonyl (C=O) groups is 2. The number of hydrogen-bond acceptors (Lipinski definition) is 8. The summed E-state index contributed by atoms with van der Waals surface area (Å²) < 4.78 is 92.3. The number of carbonyl (C=O) groups excluding carboxylic acids is 2. The minimum atomic E-state index is -4.73. The third kappa shape index (κ3) is 7.38. The Kier molecular flexibility index (Phi) is 9.69. The summed E-state index contributed by atoms with van der Waals surface area (Å²) in [7, 11) is 0. The summed E-state index contributed by atoms with van der Waals surface area (Å²) in [4.78, 5) is 33.0. The lowest BCUT2D eigenvalue weighted by Crippen LogP contribution is -2.50. The molecule has 0 spiro atoms. The quantitative estimate of drug-likeness (QED) is 0.135. The summed E-state index contributed by atoms with van der Waals surface area (Å²) in [5.41, 5.74) is 3.18. The van der Waals surface area contributed by atoms with E-state index in [-0.39, 0.29) is 58.4 Å². The lowest BCUT2D eigenvalue weighted by molar-refractivity contribution is -0.164. The fourth-order valence-corrected chi connectivity index (χ4v) is 7.36. The fourth-order valence-electron chi connectivity index (χ4n) is 7.16. The minimum Gasteiger partial charge on any atom is -0.447 e. The third-order valence-electron chi connectivity index (χ3n) is 10.1. The number of ether oxygens (including phenoxy) is 1. The SMILES string of the molecule is CC(C)(C)C[C@]1(c2ccc(-c3cnn(C4CC4)c3)c(F)c2)NC(N)N(C(COC(=O)NC2(C(F)(F)F)CC2)c2ccc(Cl)c(-c3ncnn3C(F)F)c2)C1=O. The van der Waals surface area contributed by atoms with E-state index in [4.69, 9.17) is 22.1 Å². The number of halogens is 7. The molecule has 2 aromatic heterocycles. The van der Waals surface area contributed by atoms with Crippen molar-refractivity contribution in [3.05, 3.63) is 77.1 Å². The maximum absolute atomic E-state index is 16.1. The van der Waals surface area contributed by atoms with E-state index >= 15 is 9.18 Å². The van der Waals surface area contributed by atoms with Crippen molar-refractivity contribution >= 4 is 23.6 Å². The number of nitrogens with one attached hydrogen (secondary N) is 2. The smallest absolute Gasteiger partial charge is 0.411 e. The number of alkyl halides is 5. The summed E-state index contributed by atoms with van der Waals surface area (Å²) in [6, 6.07) is 7.46. The third-order valence-corrected chi connectivity index (χ3v) is 10.4. The van der Waals surface area contributed by atoms with Crippen LogP contribution in [0.1, 0.15) is 82.6 Å². The molecule has 2 unspecified atom stereocenters. The van der Waals surface area contributed by atoms with Crippen molar-refractivity contribution < 1.29 is 40.7 Å². The molecule has 2 amide bonds. The number of alkyl carbamates (subject to hydrolysis) is 1. The van der Waals surface area contributed by atoms with E-state index in [1.807, 2.05) is 26.1 Å². The van der Waals surface area contributed by atoms with Crippen molar-refractivity contribution in [3.63, 3.8) is 0 Å². The largest absolute Gasteiger partial charge is 0.447 e. The molecule has 3 heterocycles. The second-order valence-electron chi connectivity index (χ2n) is 15.4. The Hall–Kier alpha value is -4.68. The lowest BCUT2D eigenvalue weighted by atomic mass is 9.75. The summed E-state index contributed by atoms with van der Waals surface area (Å²) in [5.74, 6) is -1.61. The van der Waals surface area contributed by atoms with Crippen LogP contribution in [0.3, 0.4) is 0 Å². The molecule has 4 N–H and O–H groups in total. The molecule has 0 radical (unpaired) electrons. The van der Waals surface area contributed by atoms with Crippen molar-refractivity contribution in [1.29, 1.82) is 0 Å². The van der Waals surface area contributed by atoms with Gasteiger partial charge >= 0.3 is 18.8 Å². The normalized spacial score (nSPS) is 21.6. The van der Waals surface area contributed by atoms with E-state index < -0.39 is 66.0 Å². The van der Waals surface area contributed by atoms with E-state index in [1.165, 1.54) is 24.3 Å². The molecule has 3 atom stereocenters. The minimum absolute atomic E-state index is 0.0209. The van der Waals surface area contributed by atoms with E-state index in [9.17, 15) is 26.7 Å². The molecule has 2 saturated carbocycles. The molecule has 294 valence electrons. The zero-order chi connectivity index (χ0) is 39.7. The van der Waals surface area contributed by atoms with Crippen LogP contribution in [0, 0.1) is 11.2 Å². The van der Waals surface area contributed by atoms with Gasteiger partial charge in [0.15, 0.2) is 5.82 Å². The molecule has 55 heavy (non-hydrogen) atoms. The van der Waals surface area contributed by atoms with Gasteiger partial charge in [-0.05, 0) is 66.8 Å². The molecule has 7 rings (SSSR count). The summed E-state index contributed by atoms with van der Waals surface area (Å²) in [6.07, 6.45) is -1.84. The predicted octanol–water partition coefficient (Wildman–Crippen LogP) is 7.20. The van der Waals surface area contributed by atoms with Crippen LogP contribution >= 0.6 is 11.6 Å². The van der Waals surface area contributed by atoms with Gasteiger partial charge in [0, 0.05) is 22.9 Å². The van der Waals surface area contributed by atoms with Crippen LogP contribution < -0.4 is 16.4 Å². The summed E-state index contributed by atoms with van der Waals surface area (Å²) in [6.45, 7) is 1.80. The van der Waals surface area contributed by atoms with Crippen molar-refractivity contribution in [3.8, 4) is 22.5 Å². The molecular weight excluding hydrogens is 756 g/mol. The van der Waals surface area contributed by atoms with Gasteiger partial charge in [-0.25, -0.2) is 14.2 Å². The maximum Gasteiger partial charge on any atom is 0.411 e. The van der Waals surface area contributed by atoms with Crippen LogP contribution in [-0.2, 0) is 15.1 Å². The molecule has 3 fully saturated rings. The predicted molar refractivity (Wildman–Crippen MR) is 187 cm³/mol.